The molecule has 7 nitrogen and oxygen atoms in total. The summed E-state index contributed by atoms with van der Waals surface area (Å²) >= 11 is 0. The predicted octanol–water partition coefficient (Wildman–Crippen LogP) is 3.60. The smallest absolute Gasteiger partial charge is 0.318 e. The summed E-state index contributed by atoms with van der Waals surface area (Å²) in [5.74, 6) is 1.73. The maximum Gasteiger partial charge on any atom is 0.318 e. The highest BCUT2D eigenvalue weighted by molar-refractivity contribution is 5.74. The molecule has 1 aromatic heterocycles. The molecule has 26 heavy (non-hydrogen) atoms. The van der Waals surface area contributed by atoms with Crippen molar-refractivity contribution in [2.45, 2.75) is 52.2 Å². The molecule has 1 aromatic carbocycles. The molecule has 0 bridgehead atoms. The number of aromatic nitrogens is 2. The number of rotatable bonds is 6. The number of carbonyl (C=O) groups excluding carboxylic acids is 1. The minimum atomic E-state index is -0.141. The highest BCUT2D eigenvalue weighted by Crippen LogP contribution is 2.29. The maximum atomic E-state index is 12.4. The molecular weight excluding hydrogens is 332 g/mol. The molecule has 3 rings (SSSR count). The quantitative estimate of drug-likeness (QED) is 0.853. The van der Waals surface area contributed by atoms with Crippen LogP contribution in [0.3, 0.4) is 0 Å². The number of hydrogen-bond donors (Lipinski definition) is 1. The first kappa shape index (κ1) is 18.2. The van der Waals surface area contributed by atoms with Gasteiger partial charge in [-0.2, -0.15) is 4.98 Å². The van der Waals surface area contributed by atoms with Gasteiger partial charge >= 0.3 is 6.03 Å². The number of nitrogens with zero attached hydrogens (tertiary/aromatic N) is 3. The Morgan fingerprint density at radius 2 is 2.15 bits per heavy atom. The molecule has 7 heteroatoms. The van der Waals surface area contributed by atoms with Crippen LogP contribution >= 0.6 is 0 Å². The molecule has 1 fully saturated rings. The first-order valence-corrected chi connectivity index (χ1v) is 9.23. The number of likely N-dealkylation sites (tertiary alicyclic amines) is 1. The summed E-state index contributed by atoms with van der Waals surface area (Å²) in [4.78, 5) is 18.7. The summed E-state index contributed by atoms with van der Waals surface area (Å²) in [6.45, 7) is 5.66. The van der Waals surface area contributed by atoms with Gasteiger partial charge in [0.2, 0.25) is 0 Å². The second-order valence-electron chi connectivity index (χ2n) is 6.58. The van der Waals surface area contributed by atoms with Crippen LogP contribution in [0.15, 0.2) is 28.8 Å². The summed E-state index contributed by atoms with van der Waals surface area (Å²) in [6.07, 6.45) is 3.80. The lowest BCUT2D eigenvalue weighted by Gasteiger charge is -2.33. The largest absolute Gasteiger partial charge is 0.484 e. The van der Waals surface area contributed by atoms with Gasteiger partial charge in [0.1, 0.15) is 5.75 Å². The van der Waals surface area contributed by atoms with E-state index in [1.807, 2.05) is 43.0 Å². The number of piperidine rings is 1. The lowest BCUT2D eigenvalue weighted by Crippen LogP contribution is -2.45. The highest BCUT2D eigenvalue weighted by atomic mass is 16.5. The molecule has 0 saturated carbocycles. The van der Waals surface area contributed by atoms with Crippen LogP contribution in [0.2, 0.25) is 0 Å². The van der Waals surface area contributed by atoms with E-state index in [0.717, 1.165) is 31.4 Å². The number of amides is 2. The Hall–Kier alpha value is -2.57. The number of hydrogen-bond acceptors (Lipinski definition) is 5. The topological polar surface area (TPSA) is 80.5 Å². The van der Waals surface area contributed by atoms with E-state index >= 15 is 0 Å². The van der Waals surface area contributed by atoms with Crippen LogP contribution in [0.1, 0.15) is 55.9 Å². The molecule has 1 aliphatic heterocycles. The standard InChI is InChI=1S/C19H26N4O3/c1-3-11-20-19(24)23-12-5-4-6-16(23)18-21-17(26-22-18)13-25-15-9-7-14(2)8-10-15/h7-10,16H,3-6,11-13H2,1-2H3,(H,20,24). The Kier molecular flexibility index (Phi) is 6.09. The maximum absolute atomic E-state index is 12.4. The zero-order chi connectivity index (χ0) is 18.4. The fourth-order valence-corrected chi connectivity index (χ4v) is 3.02. The molecule has 2 heterocycles. The average Bonchev–Trinajstić information content (AvgIpc) is 3.14. The first-order valence-electron chi connectivity index (χ1n) is 9.23. The fraction of sp³-hybridized carbons (Fsp3) is 0.526. The van der Waals surface area contributed by atoms with Crippen molar-refractivity contribution in [3.05, 3.63) is 41.5 Å². The van der Waals surface area contributed by atoms with Gasteiger partial charge in [-0.1, -0.05) is 29.8 Å². The second-order valence-corrected chi connectivity index (χ2v) is 6.58. The van der Waals surface area contributed by atoms with E-state index in [9.17, 15) is 4.79 Å². The third-order valence-electron chi connectivity index (χ3n) is 4.46. The number of urea groups is 1. The van der Waals surface area contributed by atoms with Crippen LogP contribution in [-0.4, -0.2) is 34.2 Å². The van der Waals surface area contributed by atoms with Gasteiger partial charge in [-0.25, -0.2) is 4.79 Å². The number of ether oxygens (including phenoxy) is 1. The zero-order valence-corrected chi connectivity index (χ0v) is 15.4. The van der Waals surface area contributed by atoms with Gasteiger partial charge in [0, 0.05) is 13.1 Å². The SMILES string of the molecule is CCCNC(=O)N1CCCCC1c1noc(COc2ccc(C)cc2)n1. The molecule has 2 aromatic rings. The summed E-state index contributed by atoms with van der Waals surface area (Å²) in [6, 6.07) is 7.60. The lowest BCUT2D eigenvalue weighted by atomic mass is 10.0. The van der Waals surface area contributed by atoms with Crippen molar-refractivity contribution < 1.29 is 14.1 Å². The van der Waals surface area contributed by atoms with Crippen molar-refractivity contribution in [2.24, 2.45) is 0 Å². The normalized spacial score (nSPS) is 17.2. The minimum Gasteiger partial charge on any atom is -0.484 e. The minimum absolute atomic E-state index is 0.0567. The van der Waals surface area contributed by atoms with Gasteiger partial charge in [-0.05, 0) is 44.7 Å². The third kappa shape index (κ3) is 4.53. The van der Waals surface area contributed by atoms with Crippen molar-refractivity contribution in [2.75, 3.05) is 13.1 Å². The molecule has 0 radical (unpaired) electrons. The number of nitrogens with one attached hydrogen (secondary N) is 1. The summed E-state index contributed by atoms with van der Waals surface area (Å²) in [7, 11) is 0. The van der Waals surface area contributed by atoms with Crippen molar-refractivity contribution >= 4 is 6.03 Å². The fourth-order valence-electron chi connectivity index (χ4n) is 3.02. The molecule has 0 spiro atoms. The van der Waals surface area contributed by atoms with E-state index in [1.165, 1.54) is 5.56 Å². The van der Waals surface area contributed by atoms with Gasteiger partial charge in [0.15, 0.2) is 12.4 Å². The molecule has 140 valence electrons. The Bertz CT molecular complexity index is 714. The van der Waals surface area contributed by atoms with Crippen LogP contribution in [0.4, 0.5) is 4.79 Å². The Morgan fingerprint density at radius 3 is 2.92 bits per heavy atom. The van der Waals surface area contributed by atoms with Gasteiger partial charge in [0.25, 0.3) is 5.89 Å². The second kappa shape index (κ2) is 8.69. The Morgan fingerprint density at radius 1 is 1.35 bits per heavy atom. The van der Waals surface area contributed by atoms with E-state index in [4.69, 9.17) is 9.26 Å². The number of carbonyl (C=O) groups is 1. The molecule has 2 amide bonds. The van der Waals surface area contributed by atoms with Crippen molar-refractivity contribution in [1.29, 1.82) is 0 Å². The van der Waals surface area contributed by atoms with Crippen molar-refractivity contribution in [3.63, 3.8) is 0 Å². The lowest BCUT2D eigenvalue weighted by molar-refractivity contribution is 0.146. The first-order chi connectivity index (χ1) is 12.7. The van der Waals surface area contributed by atoms with E-state index in [2.05, 4.69) is 15.5 Å². The third-order valence-corrected chi connectivity index (χ3v) is 4.46. The molecule has 1 saturated heterocycles. The summed E-state index contributed by atoms with van der Waals surface area (Å²) < 4.78 is 11.0. The van der Waals surface area contributed by atoms with Crippen LogP contribution < -0.4 is 10.1 Å². The number of aryl methyl sites for hydroxylation is 1. The van der Waals surface area contributed by atoms with Gasteiger partial charge in [-0.15, -0.1) is 0 Å². The van der Waals surface area contributed by atoms with Crippen molar-refractivity contribution in [1.82, 2.24) is 20.4 Å². The van der Waals surface area contributed by atoms with E-state index < -0.39 is 0 Å². The van der Waals surface area contributed by atoms with Crippen LogP contribution in [-0.2, 0) is 6.61 Å². The molecule has 1 N–H and O–H groups in total. The van der Waals surface area contributed by atoms with E-state index in [-0.39, 0.29) is 18.7 Å². The highest BCUT2D eigenvalue weighted by Gasteiger charge is 2.31. The van der Waals surface area contributed by atoms with E-state index in [1.54, 1.807) is 0 Å². The predicted molar refractivity (Wildman–Crippen MR) is 96.8 cm³/mol. The van der Waals surface area contributed by atoms with Crippen LogP contribution in [0.5, 0.6) is 5.75 Å². The van der Waals surface area contributed by atoms with Gasteiger partial charge < -0.3 is 19.5 Å². The van der Waals surface area contributed by atoms with Gasteiger partial charge in [-0.3, -0.25) is 0 Å². The summed E-state index contributed by atoms with van der Waals surface area (Å²) in [5.41, 5.74) is 1.18. The monoisotopic (exact) mass is 358 g/mol. The molecule has 1 atom stereocenters. The van der Waals surface area contributed by atoms with Crippen molar-refractivity contribution in [3.8, 4) is 5.75 Å². The van der Waals surface area contributed by atoms with Gasteiger partial charge in [0.05, 0.1) is 6.04 Å². The van der Waals surface area contributed by atoms with Crippen LogP contribution in [0, 0.1) is 6.92 Å². The Labute approximate surface area is 153 Å². The zero-order valence-electron chi connectivity index (χ0n) is 15.4. The van der Waals surface area contributed by atoms with Crippen LogP contribution in [0.25, 0.3) is 0 Å². The Balaban J connectivity index is 1.63. The summed E-state index contributed by atoms with van der Waals surface area (Å²) in [5, 5.41) is 7.03. The molecular formula is C19H26N4O3. The molecule has 1 aliphatic rings. The van der Waals surface area contributed by atoms with E-state index in [0.29, 0.717) is 24.8 Å². The average molecular weight is 358 g/mol. The molecule has 0 aliphatic carbocycles. The number of benzene rings is 1. The molecule has 1 unspecified atom stereocenters.